The topological polar surface area (TPSA) is 62.2 Å². The van der Waals surface area contributed by atoms with Gasteiger partial charge in [0.1, 0.15) is 11.6 Å². The van der Waals surface area contributed by atoms with Gasteiger partial charge in [-0.2, -0.15) is 0 Å². The molecule has 2 aliphatic rings. The van der Waals surface area contributed by atoms with E-state index >= 15 is 0 Å². The van der Waals surface area contributed by atoms with E-state index in [1.807, 2.05) is 41.4 Å². The first-order chi connectivity index (χ1) is 16.2. The number of nitrogens with zero attached hydrogens (tertiary/aromatic N) is 5. The molecule has 0 radical (unpaired) electrons. The summed E-state index contributed by atoms with van der Waals surface area (Å²) in [6.45, 7) is 4.52. The van der Waals surface area contributed by atoms with Crippen molar-refractivity contribution in [2.45, 2.75) is 58.0 Å². The molecule has 6 heteroatoms. The fourth-order valence-electron chi connectivity index (χ4n) is 5.04. The van der Waals surface area contributed by atoms with E-state index in [-0.39, 0.29) is 11.9 Å². The van der Waals surface area contributed by atoms with Crippen molar-refractivity contribution in [3.05, 3.63) is 83.1 Å². The van der Waals surface area contributed by atoms with Gasteiger partial charge in [0.15, 0.2) is 0 Å². The molecule has 170 valence electrons. The average molecular weight is 442 g/mol. The molecule has 1 amide bonds. The minimum absolute atomic E-state index is 0.151. The van der Waals surface area contributed by atoms with E-state index in [1.165, 1.54) is 18.4 Å². The molecule has 2 aliphatic heterocycles. The molecule has 1 atom stereocenters. The summed E-state index contributed by atoms with van der Waals surface area (Å²) in [5.41, 5.74) is 4.44. The van der Waals surface area contributed by atoms with Crippen LogP contribution in [0.3, 0.4) is 0 Å². The van der Waals surface area contributed by atoms with Gasteiger partial charge in [-0.15, -0.1) is 0 Å². The summed E-state index contributed by atoms with van der Waals surface area (Å²) >= 11 is 0. The largest absolute Gasteiger partial charge is 0.296 e. The lowest BCUT2D eigenvalue weighted by molar-refractivity contribution is -0.118. The molecule has 0 bridgehead atoms. The monoisotopic (exact) mass is 441 g/mol. The van der Waals surface area contributed by atoms with Crippen molar-refractivity contribution in [1.29, 1.82) is 0 Å². The van der Waals surface area contributed by atoms with Gasteiger partial charge in [-0.05, 0) is 56.8 Å². The standard InChI is InChI=1S/C27H31N5O/c1-20-23-13-14-25(33)32(18-15-21-9-3-2-4-10-21)27(23)30-26(29-20)24-12-6-8-17-31(24)19-22-11-5-7-16-28-22/h2-5,7,9-11,16,24H,6,8,12-15,17-19H2,1H3. The van der Waals surface area contributed by atoms with Gasteiger partial charge in [0.25, 0.3) is 0 Å². The summed E-state index contributed by atoms with van der Waals surface area (Å²) < 4.78 is 0. The molecule has 0 aliphatic carbocycles. The predicted molar refractivity (Wildman–Crippen MR) is 129 cm³/mol. The highest BCUT2D eigenvalue weighted by atomic mass is 16.2. The molecule has 3 aromatic rings. The normalized spacial score (nSPS) is 18.9. The molecule has 1 unspecified atom stereocenters. The van der Waals surface area contributed by atoms with E-state index < -0.39 is 0 Å². The molecule has 2 aromatic heterocycles. The summed E-state index contributed by atoms with van der Waals surface area (Å²) in [5.74, 6) is 1.84. The first-order valence-corrected chi connectivity index (χ1v) is 12.0. The predicted octanol–water partition coefficient (Wildman–Crippen LogP) is 4.43. The van der Waals surface area contributed by atoms with Crippen LogP contribution in [0.1, 0.15) is 60.1 Å². The maximum Gasteiger partial charge on any atom is 0.228 e. The van der Waals surface area contributed by atoms with E-state index in [4.69, 9.17) is 9.97 Å². The number of rotatable bonds is 6. The van der Waals surface area contributed by atoms with Crippen molar-refractivity contribution < 1.29 is 4.79 Å². The summed E-state index contributed by atoms with van der Waals surface area (Å²) in [6.07, 6.45) is 7.30. The third-order valence-corrected chi connectivity index (χ3v) is 6.82. The van der Waals surface area contributed by atoms with Crippen molar-refractivity contribution in [1.82, 2.24) is 19.9 Å². The SMILES string of the molecule is Cc1nc(C2CCCCN2Cc2ccccn2)nc2c1CCC(=O)N2CCc1ccccc1. The molecule has 6 nitrogen and oxygen atoms in total. The number of fused-ring (bicyclic) bond motifs is 1. The number of carbonyl (C=O) groups excluding carboxylic acids is 1. The van der Waals surface area contributed by atoms with Crippen molar-refractivity contribution in [2.75, 3.05) is 18.0 Å². The van der Waals surface area contributed by atoms with Crippen LogP contribution < -0.4 is 4.90 Å². The smallest absolute Gasteiger partial charge is 0.228 e. The van der Waals surface area contributed by atoms with Gasteiger partial charge in [0.2, 0.25) is 5.91 Å². The first-order valence-electron chi connectivity index (χ1n) is 12.0. The highest BCUT2D eigenvalue weighted by Gasteiger charge is 2.32. The summed E-state index contributed by atoms with van der Waals surface area (Å²) in [4.78, 5) is 31.8. The Morgan fingerprint density at radius 1 is 1.00 bits per heavy atom. The lowest BCUT2D eigenvalue weighted by Crippen LogP contribution is -2.39. The number of hydrogen-bond donors (Lipinski definition) is 0. The van der Waals surface area contributed by atoms with Gasteiger partial charge in [-0.25, -0.2) is 9.97 Å². The molecule has 5 rings (SSSR count). The average Bonchev–Trinajstić information content (AvgIpc) is 2.85. The Balaban J connectivity index is 1.43. The maximum atomic E-state index is 12.9. The lowest BCUT2D eigenvalue weighted by atomic mass is 9.99. The fraction of sp³-hybridized carbons (Fsp3) is 0.407. The van der Waals surface area contributed by atoms with Crippen LogP contribution >= 0.6 is 0 Å². The second-order valence-corrected chi connectivity index (χ2v) is 9.05. The fourth-order valence-corrected chi connectivity index (χ4v) is 5.04. The van der Waals surface area contributed by atoms with E-state index in [0.29, 0.717) is 13.0 Å². The Morgan fingerprint density at radius 2 is 1.85 bits per heavy atom. The second-order valence-electron chi connectivity index (χ2n) is 9.05. The summed E-state index contributed by atoms with van der Waals surface area (Å²) in [7, 11) is 0. The van der Waals surface area contributed by atoms with E-state index in [2.05, 4.69) is 35.0 Å². The Hall–Kier alpha value is -3.12. The number of piperidine rings is 1. The Kier molecular flexibility index (Phi) is 6.44. The third-order valence-electron chi connectivity index (χ3n) is 6.82. The molecule has 1 aromatic carbocycles. The van der Waals surface area contributed by atoms with Crippen molar-refractivity contribution >= 4 is 11.7 Å². The minimum Gasteiger partial charge on any atom is -0.296 e. The van der Waals surface area contributed by atoms with Crippen LogP contribution in [0.5, 0.6) is 0 Å². The van der Waals surface area contributed by atoms with Crippen molar-refractivity contribution in [3.8, 4) is 0 Å². The summed E-state index contributed by atoms with van der Waals surface area (Å²) in [5, 5.41) is 0. The number of likely N-dealkylation sites (tertiary alicyclic amines) is 1. The molecule has 1 fully saturated rings. The molecule has 1 saturated heterocycles. The number of pyridine rings is 1. The zero-order valence-electron chi connectivity index (χ0n) is 19.3. The molecular weight excluding hydrogens is 410 g/mol. The van der Waals surface area contributed by atoms with Gasteiger partial charge in [0.05, 0.1) is 11.7 Å². The van der Waals surface area contributed by atoms with Crippen LogP contribution in [0.2, 0.25) is 0 Å². The zero-order valence-corrected chi connectivity index (χ0v) is 19.3. The Labute approximate surface area is 195 Å². The Morgan fingerprint density at radius 3 is 2.67 bits per heavy atom. The lowest BCUT2D eigenvalue weighted by Gasteiger charge is -2.36. The summed E-state index contributed by atoms with van der Waals surface area (Å²) in [6, 6.07) is 16.6. The number of amides is 1. The van der Waals surface area contributed by atoms with Crippen LogP contribution in [0.25, 0.3) is 0 Å². The third kappa shape index (κ3) is 4.81. The number of carbonyl (C=O) groups is 1. The van der Waals surface area contributed by atoms with E-state index in [0.717, 1.165) is 60.9 Å². The highest BCUT2D eigenvalue weighted by Crippen LogP contribution is 2.34. The van der Waals surface area contributed by atoms with E-state index in [1.54, 1.807) is 0 Å². The van der Waals surface area contributed by atoms with E-state index in [9.17, 15) is 4.79 Å². The van der Waals surface area contributed by atoms with Gasteiger partial charge < -0.3 is 0 Å². The number of aromatic nitrogens is 3. The maximum absolute atomic E-state index is 12.9. The van der Waals surface area contributed by atoms with Crippen LogP contribution in [0.4, 0.5) is 5.82 Å². The molecule has 0 N–H and O–H groups in total. The van der Waals surface area contributed by atoms with Crippen LogP contribution in [0, 0.1) is 6.92 Å². The van der Waals surface area contributed by atoms with Crippen molar-refractivity contribution in [2.24, 2.45) is 0 Å². The number of anilines is 1. The van der Waals surface area contributed by atoms with Gasteiger partial charge in [-0.1, -0.05) is 42.8 Å². The highest BCUT2D eigenvalue weighted by molar-refractivity contribution is 5.95. The van der Waals surface area contributed by atoms with Gasteiger partial charge in [-0.3, -0.25) is 19.6 Å². The first kappa shape index (κ1) is 21.7. The molecular formula is C27H31N5O. The van der Waals surface area contributed by atoms with Gasteiger partial charge in [0, 0.05) is 37.0 Å². The minimum atomic E-state index is 0.151. The quantitative estimate of drug-likeness (QED) is 0.566. The van der Waals surface area contributed by atoms with Crippen molar-refractivity contribution in [3.63, 3.8) is 0 Å². The van der Waals surface area contributed by atoms with Crippen LogP contribution in [-0.2, 0) is 24.2 Å². The Bertz CT molecular complexity index is 1100. The van der Waals surface area contributed by atoms with Gasteiger partial charge >= 0.3 is 0 Å². The zero-order chi connectivity index (χ0) is 22.6. The van der Waals surface area contributed by atoms with Crippen LogP contribution in [0.15, 0.2) is 54.7 Å². The molecule has 33 heavy (non-hydrogen) atoms. The number of benzene rings is 1. The number of aryl methyl sites for hydroxylation is 1. The molecule has 0 spiro atoms. The second kappa shape index (κ2) is 9.79. The van der Waals surface area contributed by atoms with Crippen LogP contribution in [-0.4, -0.2) is 38.8 Å². The molecule has 0 saturated carbocycles. The molecule has 4 heterocycles. The number of hydrogen-bond acceptors (Lipinski definition) is 5.